The molecule has 1 rings (SSSR count). The first-order chi connectivity index (χ1) is 7.57. The van der Waals surface area contributed by atoms with E-state index in [2.05, 4.69) is 31.9 Å². The molecule has 0 aliphatic carbocycles. The Balaban J connectivity index is 3.07. The average Bonchev–Trinajstić information content (AvgIpc) is 2.25. The number of alkyl halides is 1. The van der Waals surface area contributed by atoms with Crippen molar-refractivity contribution in [2.24, 2.45) is 0 Å². The molecule has 0 aliphatic rings. The molecule has 2 N–H and O–H groups in total. The van der Waals surface area contributed by atoms with Gasteiger partial charge in [0.05, 0.1) is 0 Å². The molecule has 1 atom stereocenters. The van der Waals surface area contributed by atoms with Crippen LogP contribution in [0.4, 0.5) is 0 Å². The van der Waals surface area contributed by atoms with Gasteiger partial charge in [0.2, 0.25) is 0 Å². The van der Waals surface area contributed by atoms with Crippen LogP contribution in [0.25, 0.3) is 0 Å². The van der Waals surface area contributed by atoms with Crippen molar-refractivity contribution in [3.05, 3.63) is 33.8 Å². The zero-order valence-corrected chi connectivity index (χ0v) is 11.7. The smallest absolute Gasteiger partial charge is 0.337 e. The summed E-state index contributed by atoms with van der Waals surface area (Å²) >= 11 is 6.60. The van der Waals surface area contributed by atoms with Gasteiger partial charge in [-0.15, -0.1) is 0 Å². The van der Waals surface area contributed by atoms with Crippen molar-refractivity contribution in [1.82, 2.24) is 0 Å². The molecule has 1 aromatic rings. The number of aliphatic carboxylic acids is 1. The monoisotopic (exact) mass is 350 g/mol. The molecular formula is C11H12Br2O3. The molecule has 0 bridgehead atoms. The maximum atomic E-state index is 10.8. The van der Waals surface area contributed by atoms with Crippen molar-refractivity contribution >= 4 is 37.8 Å². The molecule has 0 fully saturated rings. The number of hydrogen-bond acceptors (Lipinski definition) is 2. The fraction of sp³-hybridized carbons (Fsp3) is 0.364. The lowest BCUT2D eigenvalue weighted by molar-refractivity contribution is -0.147. The number of aliphatic hydroxyl groups is 1. The van der Waals surface area contributed by atoms with Gasteiger partial charge in [0, 0.05) is 15.4 Å². The summed E-state index contributed by atoms with van der Waals surface area (Å²) in [6.07, 6.45) is 0.168. The Kier molecular flexibility index (Phi) is 5.44. The van der Waals surface area contributed by atoms with Crippen LogP contribution in [-0.4, -0.2) is 21.5 Å². The van der Waals surface area contributed by atoms with Crippen LogP contribution in [0.1, 0.15) is 23.7 Å². The van der Waals surface area contributed by atoms with Gasteiger partial charge in [-0.25, -0.2) is 4.79 Å². The van der Waals surface area contributed by atoms with E-state index in [1.165, 1.54) is 0 Å². The van der Waals surface area contributed by atoms with Crippen molar-refractivity contribution in [3.63, 3.8) is 0 Å². The van der Waals surface area contributed by atoms with Crippen LogP contribution in [-0.2, 0) is 11.2 Å². The van der Waals surface area contributed by atoms with Crippen molar-refractivity contribution < 1.29 is 15.0 Å². The Labute approximate surface area is 111 Å². The molecular weight excluding hydrogens is 340 g/mol. The van der Waals surface area contributed by atoms with Crippen LogP contribution in [0, 0.1) is 0 Å². The zero-order valence-electron chi connectivity index (χ0n) is 8.49. The second-order valence-corrected chi connectivity index (χ2v) is 4.99. The number of benzene rings is 1. The number of carbonyl (C=O) groups is 1. The van der Waals surface area contributed by atoms with Crippen LogP contribution < -0.4 is 0 Å². The molecule has 0 saturated carbocycles. The molecule has 1 unspecified atom stereocenters. The predicted molar refractivity (Wildman–Crippen MR) is 68.9 cm³/mol. The van der Waals surface area contributed by atoms with E-state index < -0.39 is 12.1 Å². The van der Waals surface area contributed by atoms with Gasteiger partial charge in [-0.2, -0.15) is 0 Å². The quantitative estimate of drug-likeness (QED) is 0.802. The van der Waals surface area contributed by atoms with E-state index in [9.17, 15) is 9.90 Å². The molecule has 0 aromatic heterocycles. The Hall–Kier alpha value is -0.390. The van der Waals surface area contributed by atoms with Gasteiger partial charge in [0.1, 0.15) is 0 Å². The lowest BCUT2D eigenvalue weighted by Gasteiger charge is -2.14. The van der Waals surface area contributed by atoms with Gasteiger partial charge in [-0.1, -0.05) is 44.0 Å². The summed E-state index contributed by atoms with van der Waals surface area (Å²) in [4.78, 5) is 10.8. The van der Waals surface area contributed by atoms with E-state index in [1.54, 1.807) is 6.07 Å². The highest BCUT2D eigenvalue weighted by Crippen LogP contribution is 2.28. The second-order valence-electron chi connectivity index (χ2n) is 3.35. The number of aryl methyl sites for hydroxylation is 1. The first-order valence-electron chi connectivity index (χ1n) is 4.82. The van der Waals surface area contributed by atoms with E-state index in [0.717, 1.165) is 23.7 Å². The zero-order chi connectivity index (χ0) is 12.1. The minimum Gasteiger partial charge on any atom is -0.479 e. The van der Waals surface area contributed by atoms with Gasteiger partial charge in [-0.3, -0.25) is 0 Å². The van der Waals surface area contributed by atoms with Crippen LogP contribution in [0.2, 0.25) is 0 Å². The number of rotatable bonds is 5. The third-order valence-electron chi connectivity index (χ3n) is 2.23. The standard InChI is InChI=1S/C11H12Br2O3/c12-6-2-4-7-3-1-5-8(13)9(7)10(14)11(15)16/h1,3,5,10,14H,2,4,6H2,(H,15,16). The summed E-state index contributed by atoms with van der Waals surface area (Å²) in [5.74, 6) is -1.23. The van der Waals surface area contributed by atoms with Gasteiger partial charge in [0.15, 0.2) is 6.10 Å². The Morgan fingerprint density at radius 2 is 2.12 bits per heavy atom. The van der Waals surface area contributed by atoms with Crippen LogP contribution >= 0.6 is 31.9 Å². The summed E-state index contributed by atoms with van der Waals surface area (Å²) in [6, 6.07) is 5.42. The van der Waals surface area contributed by atoms with Crippen LogP contribution in [0.15, 0.2) is 22.7 Å². The van der Waals surface area contributed by atoms with Gasteiger partial charge < -0.3 is 10.2 Å². The normalized spacial score (nSPS) is 12.4. The maximum Gasteiger partial charge on any atom is 0.337 e. The highest BCUT2D eigenvalue weighted by Gasteiger charge is 2.21. The van der Waals surface area contributed by atoms with Crippen molar-refractivity contribution in [2.75, 3.05) is 5.33 Å². The molecule has 16 heavy (non-hydrogen) atoms. The molecule has 3 nitrogen and oxygen atoms in total. The van der Waals surface area contributed by atoms with E-state index in [0.29, 0.717) is 10.0 Å². The summed E-state index contributed by atoms with van der Waals surface area (Å²) in [6.45, 7) is 0. The van der Waals surface area contributed by atoms with E-state index in [1.807, 2.05) is 12.1 Å². The molecule has 88 valence electrons. The van der Waals surface area contributed by atoms with Crippen LogP contribution in [0.3, 0.4) is 0 Å². The van der Waals surface area contributed by atoms with Crippen molar-refractivity contribution in [2.45, 2.75) is 18.9 Å². The first-order valence-corrected chi connectivity index (χ1v) is 6.73. The van der Waals surface area contributed by atoms with E-state index in [4.69, 9.17) is 5.11 Å². The lowest BCUT2D eigenvalue weighted by atomic mass is 9.99. The number of carboxylic acid groups (broad SMARTS) is 1. The van der Waals surface area contributed by atoms with Gasteiger partial charge in [-0.05, 0) is 24.5 Å². The SMILES string of the molecule is O=C(O)C(O)c1c(Br)cccc1CCCBr. The van der Waals surface area contributed by atoms with E-state index >= 15 is 0 Å². The highest BCUT2D eigenvalue weighted by atomic mass is 79.9. The Bertz CT molecular complexity index is 379. The molecule has 5 heteroatoms. The predicted octanol–water partition coefficient (Wildman–Crippen LogP) is 2.89. The highest BCUT2D eigenvalue weighted by molar-refractivity contribution is 9.10. The third-order valence-corrected chi connectivity index (χ3v) is 3.48. The number of carboxylic acids is 1. The topological polar surface area (TPSA) is 57.5 Å². The minimum absolute atomic E-state index is 0.455. The Morgan fingerprint density at radius 3 is 2.69 bits per heavy atom. The number of aliphatic hydroxyl groups excluding tert-OH is 1. The molecule has 0 heterocycles. The molecule has 0 amide bonds. The third kappa shape index (κ3) is 3.30. The maximum absolute atomic E-state index is 10.8. The molecule has 0 radical (unpaired) electrons. The lowest BCUT2D eigenvalue weighted by Crippen LogP contribution is -2.13. The first kappa shape index (κ1) is 13.7. The number of hydrogen-bond donors (Lipinski definition) is 2. The van der Waals surface area contributed by atoms with Crippen molar-refractivity contribution in [1.29, 1.82) is 0 Å². The van der Waals surface area contributed by atoms with Gasteiger partial charge >= 0.3 is 5.97 Å². The van der Waals surface area contributed by atoms with Crippen molar-refractivity contribution in [3.8, 4) is 0 Å². The summed E-state index contributed by atoms with van der Waals surface area (Å²) in [7, 11) is 0. The molecule has 0 aliphatic heterocycles. The number of halogens is 2. The summed E-state index contributed by atoms with van der Waals surface area (Å²) in [5.41, 5.74) is 1.32. The molecule has 1 aromatic carbocycles. The average molecular weight is 352 g/mol. The van der Waals surface area contributed by atoms with Gasteiger partial charge in [0.25, 0.3) is 0 Å². The van der Waals surface area contributed by atoms with Crippen LogP contribution in [0.5, 0.6) is 0 Å². The molecule has 0 spiro atoms. The summed E-state index contributed by atoms with van der Waals surface area (Å²) < 4.78 is 0.634. The Morgan fingerprint density at radius 1 is 1.44 bits per heavy atom. The largest absolute Gasteiger partial charge is 0.479 e. The molecule has 0 saturated heterocycles. The fourth-order valence-electron chi connectivity index (χ4n) is 1.49. The summed E-state index contributed by atoms with van der Waals surface area (Å²) in [5, 5.41) is 19.3. The minimum atomic E-state index is -1.47. The second kappa shape index (κ2) is 6.37. The fourth-order valence-corrected chi connectivity index (χ4v) is 2.39. The van der Waals surface area contributed by atoms with E-state index in [-0.39, 0.29) is 0 Å².